The Bertz CT molecular complexity index is 981. The highest BCUT2D eigenvalue weighted by Crippen LogP contribution is 2.27. The molecular weight excluding hydrogens is 348 g/mol. The molecule has 2 aromatic carbocycles. The van der Waals surface area contributed by atoms with Crippen molar-refractivity contribution < 1.29 is 9.59 Å². The van der Waals surface area contributed by atoms with E-state index in [1.54, 1.807) is 0 Å². The number of thiazole rings is 1. The smallest absolute Gasteiger partial charge is 0.253 e. The van der Waals surface area contributed by atoms with E-state index in [0.717, 1.165) is 21.3 Å². The maximum atomic E-state index is 12.7. The molecule has 7 heteroatoms. The Morgan fingerprint density at radius 2 is 1.92 bits per heavy atom. The van der Waals surface area contributed by atoms with Crippen LogP contribution in [0.2, 0.25) is 0 Å². The van der Waals surface area contributed by atoms with Crippen LogP contribution in [0, 0.1) is 13.8 Å². The maximum Gasteiger partial charge on any atom is 0.253 e. The number of hydrogen-bond acceptors (Lipinski definition) is 6. The SMILES string of the molecule is Cc1ccc(N2C(=O)C[C@@H](NNc3nc4ccccc4s3)C2=O)cc1C. The van der Waals surface area contributed by atoms with Gasteiger partial charge in [-0.1, -0.05) is 29.5 Å². The number of anilines is 2. The molecule has 3 aromatic rings. The monoisotopic (exact) mass is 366 g/mol. The molecule has 0 radical (unpaired) electrons. The minimum atomic E-state index is -0.615. The van der Waals surface area contributed by atoms with Gasteiger partial charge in [0.2, 0.25) is 5.91 Å². The minimum Gasteiger partial charge on any atom is -0.296 e. The number of amides is 2. The molecule has 1 aliphatic heterocycles. The fraction of sp³-hybridized carbons (Fsp3) is 0.211. The number of carbonyl (C=O) groups excluding carboxylic acids is 2. The van der Waals surface area contributed by atoms with Crippen molar-refractivity contribution in [1.82, 2.24) is 10.4 Å². The minimum absolute atomic E-state index is 0.115. The van der Waals surface area contributed by atoms with Crippen LogP contribution in [0.5, 0.6) is 0 Å². The van der Waals surface area contributed by atoms with Crippen molar-refractivity contribution in [2.24, 2.45) is 0 Å². The average Bonchev–Trinajstić information content (AvgIpc) is 3.16. The molecule has 1 aliphatic rings. The lowest BCUT2D eigenvalue weighted by molar-refractivity contribution is -0.121. The third-order valence-corrected chi connectivity index (χ3v) is 5.49. The largest absolute Gasteiger partial charge is 0.296 e. The first kappa shape index (κ1) is 16.7. The fourth-order valence-corrected chi connectivity index (χ4v) is 3.78. The molecule has 0 spiro atoms. The normalized spacial score (nSPS) is 17.3. The number of hydrazine groups is 1. The summed E-state index contributed by atoms with van der Waals surface area (Å²) in [4.78, 5) is 30.8. The van der Waals surface area contributed by atoms with Gasteiger partial charge >= 0.3 is 0 Å². The molecule has 0 bridgehead atoms. The zero-order valence-corrected chi connectivity index (χ0v) is 15.3. The van der Waals surface area contributed by atoms with Crippen LogP contribution >= 0.6 is 11.3 Å². The Labute approximate surface area is 154 Å². The van der Waals surface area contributed by atoms with Gasteiger partial charge < -0.3 is 0 Å². The molecule has 0 aliphatic carbocycles. The maximum absolute atomic E-state index is 12.7. The second-order valence-corrected chi connectivity index (χ2v) is 7.38. The number of carbonyl (C=O) groups is 2. The lowest BCUT2D eigenvalue weighted by atomic mass is 10.1. The molecule has 2 amide bonds. The Hall–Kier alpha value is -2.77. The van der Waals surface area contributed by atoms with Crippen molar-refractivity contribution in [2.75, 3.05) is 10.3 Å². The second kappa shape index (κ2) is 6.51. The standard InChI is InChI=1S/C19H18N4O2S/c1-11-7-8-13(9-12(11)2)23-17(24)10-15(18(23)25)21-22-19-20-14-5-3-4-6-16(14)26-19/h3-9,15,21H,10H2,1-2H3,(H,20,22)/t15-/m1/s1. The van der Waals surface area contributed by atoms with E-state index >= 15 is 0 Å². The molecule has 2 heterocycles. The molecule has 1 aromatic heterocycles. The Morgan fingerprint density at radius 1 is 1.12 bits per heavy atom. The van der Waals surface area contributed by atoms with E-state index in [2.05, 4.69) is 15.8 Å². The Kier molecular flexibility index (Phi) is 4.18. The highest BCUT2D eigenvalue weighted by molar-refractivity contribution is 7.22. The molecule has 4 rings (SSSR count). The van der Waals surface area contributed by atoms with E-state index in [4.69, 9.17) is 0 Å². The van der Waals surface area contributed by atoms with E-state index in [-0.39, 0.29) is 18.2 Å². The Balaban J connectivity index is 1.49. The summed E-state index contributed by atoms with van der Waals surface area (Å²) in [5.41, 5.74) is 9.61. The molecule has 2 N–H and O–H groups in total. The molecular formula is C19H18N4O2S. The van der Waals surface area contributed by atoms with Crippen molar-refractivity contribution >= 4 is 44.2 Å². The van der Waals surface area contributed by atoms with E-state index in [1.807, 2.05) is 56.3 Å². The molecule has 6 nitrogen and oxygen atoms in total. The van der Waals surface area contributed by atoms with Crippen LogP contribution in [-0.4, -0.2) is 22.8 Å². The topological polar surface area (TPSA) is 74.3 Å². The number of hydrogen-bond donors (Lipinski definition) is 2. The summed E-state index contributed by atoms with van der Waals surface area (Å²) in [5.74, 6) is -0.464. The summed E-state index contributed by atoms with van der Waals surface area (Å²) in [6.07, 6.45) is 0.115. The average molecular weight is 366 g/mol. The first-order chi connectivity index (χ1) is 12.5. The van der Waals surface area contributed by atoms with Crippen LogP contribution in [-0.2, 0) is 9.59 Å². The predicted molar refractivity (Wildman–Crippen MR) is 103 cm³/mol. The molecule has 132 valence electrons. The van der Waals surface area contributed by atoms with Gasteiger partial charge in [0.25, 0.3) is 5.91 Å². The number of benzene rings is 2. The molecule has 1 atom stereocenters. The lowest BCUT2D eigenvalue weighted by Gasteiger charge is -2.17. The summed E-state index contributed by atoms with van der Waals surface area (Å²) in [7, 11) is 0. The molecule has 0 unspecified atom stereocenters. The van der Waals surface area contributed by atoms with Crippen LogP contribution in [0.3, 0.4) is 0 Å². The van der Waals surface area contributed by atoms with E-state index in [0.29, 0.717) is 10.8 Å². The second-order valence-electron chi connectivity index (χ2n) is 6.35. The summed E-state index contributed by atoms with van der Waals surface area (Å²) in [6.45, 7) is 3.97. The number of aryl methyl sites for hydroxylation is 2. The van der Waals surface area contributed by atoms with Gasteiger partial charge in [-0.3, -0.25) is 15.0 Å². The predicted octanol–water partition coefficient (Wildman–Crippen LogP) is 3.16. The summed E-state index contributed by atoms with van der Waals surface area (Å²) >= 11 is 1.49. The number of fused-ring (bicyclic) bond motifs is 1. The zero-order valence-electron chi connectivity index (χ0n) is 14.4. The van der Waals surface area contributed by atoms with Crippen LogP contribution < -0.4 is 15.8 Å². The van der Waals surface area contributed by atoms with Crippen LogP contribution in [0.1, 0.15) is 17.5 Å². The van der Waals surface area contributed by atoms with Gasteiger partial charge in [-0.05, 0) is 49.2 Å². The third-order valence-electron chi connectivity index (χ3n) is 4.54. The van der Waals surface area contributed by atoms with Crippen molar-refractivity contribution in [3.8, 4) is 0 Å². The number of nitrogens with zero attached hydrogens (tertiary/aromatic N) is 2. The van der Waals surface area contributed by atoms with Gasteiger partial charge in [0.15, 0.2) is 5.13 Å². The van der Waals surface area contributed by atoms with Gasteiger partial charge in [-0.15, -0.1) is 0 Å². The number of nitrogens with one attached hydrogen (secondary N) is 2. The summed E-state index contributed by atoms with van der Waals surface area (Å²) in [6, 6.07) is 12.8. The Morgan fingerprint density at radius 3 is 2.69 bits per heavy atom. The van der Waals surface area contributed by atoms with Crippen LogP contribution in [0.15, 0.2) is 42.5 Å². The number of aromatic nitrogens is 1. The number of rotatable bonds is 4. The number of para-hydroxylation sites is 1. The van der Waals surface area contributed by atoms with Crippen molar-refractivity contribution in [1.29, 1.82) is 0 Å². The van der Waals surface area contributed by atoms with Gasteiger partial charge in [0.1, 0.15) is 6.04 Å². The van der Waals surface area contributed by atoms with Crippen molar-refractivity contribution in [2.45, 2.75) is 26.3 Å². The highest BCUT2D eigenvalue weighted by Gasteiger charge is 2.39. The van der Waals surface area contributed by atoms with E-state index in [1.165, 1.54) is 16.2 Å². The van der Waals surface area contributed by atoms with E-state index in [9.17, 15) is 9.59 Å². The first-order valence-electron chi connectivity index (χ1n) is 8.34. The zero-order chi connectivity index (χ0) is 18.3. The van der Waals surface area contributed by atoms with Gasteiger partial charge in [-0.25, -0.2) is 15.3 Å². The lowest BCUT2D eigenvalue weighted by Crippen LogP contribution is -2.41. The first-order valence-corrected chi connectivity index (χ1v) is 9.16. The summed E-state index contributed by atoms with van der Waals surface area (Å²) in [5, 5.41) is 0.663. The van der Waals surface area contributed by atoms with Crippen molar-refractivity contribution in [3.05, 3.63) is 53.6 Å². The molecule has 1 saturated heterocycles. The van der Waals surface area contributed by atoms with Gasteiger partial charge in [-0.2, -0.15) is 0 Å². The molecule has 26 heavy (non-hydrogen) atoms. The third kappa shape index (κ3) is 2.95. The van der Waals surface area contributed by atoms with Crippen LogP contribution in [0.25, 0.3) is 10.2 Å². The van der Waals surface area contributed by atoms with E-state index < -0.39 is 6.04 Å². The quantitative estimate of drug-likeness (QED) is 0.548. The molecule has 0 saturated carbocycles. The fourth-order valence-electron chi connectivity index (χ4n) is 2.96. The highest BCUT2D eigenvalue weighted by atomic mass is 32.1. The van der Waals surface area contributed by atoms with Crippen LogP contribution in [0.4, 0.5) is 10.8 Å². The van der Waals surface area contributed by atoms with Gasteiger partial charge in [0, 0.05) is 0 Å². The number of imide groups is 1. The molecule has 1 fully saturated rings. The van der Waals surface area contributed by atoms with Crippen molar-refractivity contribution in [3.63, 3.8) is 0 Å². The summed E-state index contributed by atoms with van der Waals surface area (Å²) < 4.78 is 1.06. The van der Waals surface area contributed by atoms with Gasteiger partial charge in [0.05, 0.1) is 22.3 Å².